The largest absolute Gasteiger partial charge is 0.490 e. The van der Waals surface area contributed by atoms with Gasteiger partial charge in [0.15, 0.2) is 0 Å². The van der Waals surface area contributed by atoms with Crippen LogP contribution in [-0.2, 0) is 4.79 Å². The molecule has 3 rings (SSSR count). The maximum atomic E-state index is 12.7. The minimum atomic E-state index is -4.23. The summed E-state index contributed by atoms with van der Waals surface area (Å²) in [5.74, 6) is -2.39. The standard InChI is InChI=1S/C19H21F3N2O5/c1-9-15(16(26)24-18(2,8-25)17(23)27)13-7-11(3-4-14(13)28-9)29-12-5-10(6-12)19(20,21)22/h3-4,7,10,12,25H,5-6,8H2,1-2H3,(H2,23,27)(H,24,26)/t10-,12+,18?. The maximum Gasteiger partial charge on any atom is 0.392 e. The third-order valence-electron chi connectivity index (χ3n) is 5.17. The molecule has 2 aromatic rings. The van der Waals surface area contributed by atoms with E-state index >= 15 is 0 Å². The van der Waals surface area contributed by atoms with Gasteiger partial charge < -0.3 is 25.3 Å². The Kier molecular flexibility index (Phi) is 5.24. The quantitative estimate of drug-likeness (QED) is 0.672. The van der Waals surface area contributed by atoms with Crippen molar-refractivity contribution < 1.29 is 37.0 Å². The van der Waals surface area contributed by atoms with E-state index in [-0.39, 0.29) is 24.2 Å². The third-order valence-corrected chi connectivity index (χ3v) is 5.17. The number of aryl methyl sites for hydroxylation is 1. The SMILES string of the molecule is Cc1oc2ccc(O[C@H]3C[C@@H](C(F)(F)F)C3)cc2c1C(=O)NC(C)(CO)C(N)=O. The third kappa shape index (κ3) is 4.02. The smallest absolute Gasteiger partial charge is 0.392 e. The van der Waals surface area contributed by atoms with Crippen molar-refractivity contribution >= 4 is 22.8 Å². The molecule has 158 valence electrons. The normalized spacial score (nSPS) is 21.3. The molecule has 4 N–H and O–H groups in total. The fraction of sp³-hybridized carbons (Fsp3) is 0.474. The Bertz CT molecular complexity index is 949. The summed E-state index contributed by atoms with van der Waals surface area (Å²) in [7, 11) is 0. The van der Waals surface area contributed by atoms with Crippen LogP contribution in [0.15, 0.2) is 22.6 Å². The van der Waals surface area contributed by atoms with Gasteiger partial charge in [0.05, 0.1) is 24.2 Å². The fourth-order valence-corrected chi connectivity index (χ4v) is 3.17. The molecule has 2 amide bonds. The van der Waals surface area contributed by atoms with Gasteiger partial charge in [0.1, 0.15) is 22.6 Å². The van der Waals surface area contributed by atoms with Crippen molar-refractivity contribution in [1.29, 1.82) is 0 Å². The molecule has 29 heavy (non-hydrogen) atoms. The molecule has 7 nitrogen and oxygen atoms in total. The lowest BCUT2D eigenvalue weighted by Gasteiger charge is -2.36. The van der Waals surface area contributed by atoms with E-state index in [0.717, 1.165) is 0 Å². The first kappa shape index (κ1) is 21.0. The van der Waals surface area contributed by atoms with Crippen LogP contribution in [0.3, 0.4) is 0 Å². The Labute approximate surface area is 164 Å². The Morgan fingerprint density at radius 2 is 2.00 bits per heavy atom. The second-order valence-electron chi connectivity index (χ2n) is 7.45. The molecule has 1 aliphatic carbocycles. The highest BCUT2D eigenvalue weighted by atomic mass is 19.4. The molecule has 0 spiro atoms. The highest BCUT2D eigenvalue weighted by molar-refractivity contribution is 6.09. The molecule has 1 heterocycles. The number of carbonyl (C=O) groups is 2. The number of amides is 2. The average molecular weight is 414 g/mol. The number of primary amides is 1. The van der Waals surface area contributed by atoms with Crippen LogP contribution in [0, 0.1) is 12.8 Å². The Balaban J connectivity index is 1.82. The minimum Gasteiger partial charge on any atom is -0.490 e. The summed E-state index contributed by atoms with van der Waals surface area (Å²) in [5.41, 5.74) is 4.06. The first-order valence-electron chi connectivity index (χ1n) is 8.94. The number of ether oxygens (including phenoxy) is 1. The number of fused-ring (bicyclic) bond motifs is 1. The second kappa shape index (κ2) is 7.25. The van der Waals surface area contributed by atoms with Crippen molar-refractivity contribution in [2.24, 2.45) is 11.7 Å². The number of hydrogen-bond donors (Lipinski definition) is 3. The van der Waals surface area contributed by atoms with Gasteiger partial charge >= 0.3 is 6.18 Å². The monoisotopic (exact) mass is 414 g/mol. The molecular weight excluding hydrogens is 393 g/mol. The number of aliphatic hydroxyl groups excluding tert-OH is 1. The van der Waals surface area contributed by atoms with Crippen molar-refractivity contribution in [3.8, 4) is 5.75 Å². The lowest BCUT2D eigenvalue weighted by Crippen LogP contribution is -2.57. The molecule has 0 saturated heterocycles. The number of nitrogens with two attached hydrogens (primary N) is 1. The van der Waals surface area contributed by atoms with Gasteiger partial charge in [0.2, 0.25) is 5.91 Å². The van der Waals surface area contributed by atoms with Crippen LogP contribution >= 0.6 is 0 Å². The van der Waals surface area contributed by atoms with E-state index in [4.69, 9.17) is 14.9 Å². The molecular formula is C19H21F3N2O5. The second-order valence-corrected chi connectivity index (χ2v) is 7.45. The number of hydrogen-bond acceptors (Lipinski definition) is 5. The molecule has 1 atom stereocenters. The Morgan fingerprint density at radius 1 is 1.34 bits per heavy atom. The first-order chi connectivity index (χ1) is 13.4. The molecule has 1 aromatic heterocycles. The summed E-state index contributed by atoms with van der Waals surface area (Å²) >= 11 is 0. The van der Waals surface area contributed by atoms with Crippen LogP contribution in [0.25, 0.3) is 11.0 Å². The molecule has 0 radical (unpaired) electrons. The fourth-order valence-electron chi connectivity index (χ4n) is 3.17. The molecule has 1 aliphatic rings. The van der Waals surface area contributed by atoms with Crippen molar-refractivity contribution in [1.82, 2.24) is 5.32 Å². The predicted octanol–water partition coefficient (Wildman–Crippen LogP) is 2.43. The van der Waals surface area contributed by atoms with Crippen molar-refractivity contribution in [2.45, 2.75) is 44.5 Å². The van der Waals surface area contributed by atoms with Gasteiger partial charge in [-0.05, 0) is 44.9 Å². The summed E-state index contributed by atoms with van der Waals surface area (Å²) in [6.45, 7) is 2.14. The highest BCUT2D eigenvalue weighted by Crippen LogP contribution is 2.43. The molecule has 10 heteroatoms. The van der Waals surface area contributed by atoms with Crippen molar-refractivity contribution in [3.05, 3.63) is 29.5 Å². The van der Waals surface area contributed by atoms with E-state index in [0.29, 0.717) is 16.7 Å². The van der Waals surface area contributed by atoms with E-state index in [2.05, 4.69) is 5.32 Å². The average Bonchev–Trinajstić information content (AvgIpc) is 2.91. The van der Waals surface area contributed by atoms with E-state index < -0.39 is 42.2 Å². The summed E-state index contributed by atoms with van der Waals surface area (Å²) in [4.78, 5) is 24.3. The lowest BCUT2D eigenvalue weighted by molar-refractivity contribution is -0.210. The van der Waals surface area contributed by atoms with Crippen LogP contribution in [0.1, 0.15) is 35.9 Å². The number of alkyl halides is 3. The Morgan fingerprint density at radius 3 is 2.55 bits per heavy atom. The number of carbonyl (C=O) groups excluding carboxylic acids is 2. The number of rotatable bonds is 6. The van der Waals surface area contributed by atoms with Crippen molar-refractivity contribution in [3.63, 3.8) is 0 Å². The van der Waals surface area contributed by atoms with E-state index in [1.165, 1.54) is 13.0 Å². The summed E-state index contributed by atoms with van der Waals surface area (Å²) in [6, 6.07) is 4.60. The van der Waals surface area contributed by atoms with Crippen molar-refractivity contribution in [2.75, 3.05) is 6.61 Å². The molecule has 1 aromatic carbocycles. The molecule has 1 unspecified atom stereocenters. The Hall–Kier alpha value is -2.75. The maximum absolute atomic E-state index is 12.7. The summed E-state index contributed by atoms with van der Waals surface area (Å²) in [6.07, 6.45) is -5.02. The highest BCUT2D eigenvalue weighted by Gasteiger charge is 2.48. The van der Waals surface area contributed by atoms with Gasteiger partial charge in [-0.15, -0.1) is 0 Å². The molecule has 1 saturated carbocycles. The number of furan rings is 1. The number of benzene rings is 1. The van der Waals surface area contributed by atoms with Gasteiger partial charge in [-0.2, -0.15) is 13.2 Å². The van der Waals surface area contributed by atoms with Crippen LogP contribution in [0.5, 0.6) is 5.75 Å². The van der Waals surface area contributed by atoms with E-state index in [1.54, 1.807) is 19.1 Å². The number of halogens is 3. The van der Waals surface area contributed by atoms with Gasteiger partial charge in [0.25, 0.3) is 5.91 Å². The van der Waals surface area contributed by atoms with Crippen LogP contribution in [0.4, 0.5) is 13.2 Å². The van der Waals surface area contributed by atoms with E-state index in [1.807, 2.05) is 0 Å². The van der Waals surface area contributed by atoms with Crippen LogP contribution in [-0.4, -0.2) is 41.3 Å². The zero-order valence-electron chi connectivity index (χ0n) is 15.8. The first-order valence-corrected chi connectivity index (χ1v) is 8.94. The molecule has 0 aliphatic heterocycles. The molecule has 0 bridgehead atoms. The number of aliphatic hydroxyl groups is 1. The topological polar surface area (TPSA) is 115 Å². The summed E-state index contributed by atoms with van der Waals surface area (Å²) in [5, 5.41) is 12.2. The number of nitrogens with one attached hydrogen (secondary N) is 1. The lowest BCUT2D eigenvalue weighted by atomic mass is 9.82. The molecule has 1 fully saturated rings. The van der Waals surface area contributed by atoms with Gasteiger partial charge in [-0.1, -0.05) is 0 Å². The zero-order valence-corrected chi connectivity index (χ0v) is 15.8. The van der Waals surface area contributed by atoms with Crippen LogP contribution < -0.4 is 15.8 Å². The van der Waals surface area contributed by atoms with Gasteiger partial charge in [0, 0.05) is 5.39 Å². The van der Waals surface area contributed by atoms with E-state index in [9.17, 15) is 27.9 Å². The van der Waals surface area contributed by atoms with Gasteiger partial charge in [-0.3, -0.25) is 9.59 Å². The van der Waals surface area contributed by atoms with Gasteiger partial charge in [-0.25, -0.2) is 0 Å². The predicted molar refractivity (Wildman–Crippen MR) is 96.3 cm³/mol. The zero-order chi connectivity index (χ0) is 21.6. The summed E-state index contributed by atoms with van der Waals surface area (Å²) < 4.78 is 49.0. The minimum absolute atomic E-state index is 0.118. The van der Waals surface area contributed by atoms with Crippen LogP contribution in [0.2, 0.25) is 0 Å².